The largest absolute Gasteiger partial charge is 0.468 e. The van der Waals surface area contributed by atoms with Crippen LogP contribution in [0.2, 0.25) is 0 Å². The number of carbonyl (C=O) groups is 1. The zero-order valence-electron chi connectivity index (χ0n) is 11.2. The fourth-order valence-corrected chi connectivity index (χ4v) is 3.12. The Kier molecular flexibility index (Phi) is 3.73. The van der Waals surface area contributed by atoms with Crippen LogP contribution < -0.4 is 5.32 Å². The minimum absolute atomic E-state index is 0.0651. The SMILES string of the molecule is COC(=O)C1(NCC(C)C)CCN2CCC1C2. The van der Waals surface area contributed by atoms with Crippen molar-refractivity contribution in [2.45, 2.75) is 32.2 Å². The molecule has 0 radical (unpaired) electrons. The van der Waals surface area contributed by atoms with Gasteiger partial charge in [-0.25, -0.2) is 0 Å². The molecule has 3 atom stereocenters. The fraction of sp³-hybridized carbons (Fsp3) is 0.923. The second-order valence-corrected chi connectivity index (χ2v) is 5.77. The van der Waals surface area contributed by atoms with Crippen LogP contribution in [0.3, 0.4) is 0 Å². The summed E-state index contributed by atoms with van der Waals surface area (Å²) in [4.78, 5) is 14.6. The van der Waals surface area contributed by atoms with Crippen molar-refractivity contribution >= 4 is 5.97 Å². The molecule has 0 aliphatic carbocycles. The molecule has 2 aliphatic rings. The summed E-state index contributed by atoms with van der Waals surface area (Å²) < 4.78 is 5.06. The Bertz CT molecular complexity index is 293. The average molecular weight is 240 g/mol. The van der Waals surface area contributed by atoms with Crippen molar-refractivity contribution in [1.82, 2.24) is 10.2 Å². The number of hydrogen-bond donors (Lipinski definition) is 1. The van der Waals surface area contributed by atoms with E-state index in [2.05, 4.69) is 24.1 Å². The van der Waals surface area contributed by atoms with E-state index in [0.29, 0.717) is 11.8 Å². The van der Waals surface area contributed by atoms with E-state index in [1.54, 1.807) is 0 Å². The van der Waals surface area contributed by atoms with Gasteiger partial charge >= 0.3 is 5.97 Å². The van der Waals surface area contributed by atoms with Gasteiger partial charge in [-0.15, -0.1) is 0 Å². The second-order valence-electron chi connectivity index (χ2n) is 5.77. The molecule has 2 aliphatic heterocycles. The Morgan fingerprint density at radius 2 is 2.29 bits per heavy atom. The monoisotopic (exact) mass is 240 g/mol. The van der Waals surface area contributed by atoms with Crippen molar-refractivity contribution in [2.75, 3.05) is 33.3 Å². The molecule has 1 N–H and O–H groups in total. The van der Waals surface area contributed by atoms with E-state index < -0.39 is 5.54 Å². The first-order valence-electron chi connectivity index (χ1n) is 6.64. The van der Waals surface area contributed by atoms with Gasteiger partial charge in [0.2, 0.25) is 0 Å². The lowest BCUT2D eigenvalue weighted by atomic mass is 9.78. The van der Waals surface area contributed by atoms with E-state index in [4.69, 9.17) is 4.74 Å². The Labute approximate surface area is 104 Å². The van der Waals surface area contributed by atoms with Crippen LogP contribution in [0, 0.1) is 11.8 Å². The summed E-state index contributed by atoms with van der Waals surface area (Å²) in [5.74, 6) is 0.906. The highest BCUT2D eigenvalue weighted by Crippen LogP contribution is 2.36. The standard InChI is InChI=1S/C13H24N2O2/c1-10(2)8-14-13(12(16)17-3)5-7-15-6-4-11(13)9-15/h10-11,14H,4-9H2,1-3H3. The number of piperidine rings is 1. The summed E-state index contributed by atoms with van der Waals surface area (Å²) in [6.07, 6.45) is 2.00. The van der Waals surface area contributed by atoms with Crippen LogP contribution in [0.1, 0.15) is 26.7 Å². The Morgan fingerprint density at radius 3 is 2.94 bits per heavy atom. The van der Waals surface area contributed by atoms with Crippen LogP contribution in [-0.2, 0) is 9.53 Å². The molecule has 3 unspecified atom stereocenters. The summed E-state index contributed by atoms with van der Waals surface area (Å²) in [7, 11) is 1.50. The molecule has 0 aromatic rings. The van der Waals surface area contributed by atoms with E-state index in [1.807, 2.05) is 0 Å². The number of carbonyl (C=O) groups excluding carboxylic acids is 1. The number of nitrogens with zero attached hydrogens (tertiary/aromatic N) is 1. The number of rotatable bonds is 4. The van der Waals surface area contributed by atoms with Crippen LogP contribution in [-0.4, -0.2) is 49.7 Å². The summed E-state index contributed by atoms with van der Waals surface area (Å²) >= 11 is 0. The lowest BCUT2D eigenvalue weighted by Crippen LogP contribution is -2.62. The highest BCUT2D eigenvalue weighted by Gasteiger charge is 2.51. The molecular formula is C13H24N2O2. The smallest absolute Gasteiger partial charge is 0.326 e. The maximum atomic E-state index is 12.2. The molecule has 2 bridgehead atoms. The highest BCUT2D eigenvalue weighted by molar-refractivity contribution is 5.81. The van der Waals surface area contributed by atoms with Gasteiger partial charge in [-0.05, 0) is 31.8 Å². The average Bonchev–Trinajstić information content (AvgIpc) is 2.72. The molecule has 0 amide bonds. The molecule has 2 fully saturated rings. The van der Waals surface area contributed by atoms with Crippen molar-refractivity contribution in [3.63, 3.8) is 0 Å². The highest BCUT2D eigenvalue weighted by atomic mass is 16.5. The molecular weight excluding hydrogens is 216 g/mol. The molecule has 0 spiro atoms. The lowest BCUT2D eigenvalue weighted by Gasteiger charge is -2.41. The molecule has 17 heavy (non-hydrogen) atoms. The maximum absolute atomic E-state index is 12.2. The van der Waals surface area contributed by atoms with Gasteiger partial charge in [0.15, 0.2) is 0 Å². The van der Waals surface area contributed by atoms with Crippen LogP contribution in [0.15, 0.2) is 0 Å². The van der Waals surface area contributed by atoms with E-state index in [0.717, 1.165) is 39.0 Å². The first kappa shape index (κ1) is 12.8. The quantitative estimate of drug-likeness (QED) is 0.740. The zero-order valence-corrected chi connectivity index (χ0v) is 11.2. The number of fused-ring (bicyclic) bond motifs is 2. The number of methoxy groups -OCH3 is 1. The van der Waals surface area contributed by atoms with Crippen molar-refractivity contribution < 1.29 is 9.53 Å². The predicted molar refractivity (Wildman–Crippen MR) is 66.8 cm³/mol. The normalized spacial score (nSPS) is 36.2. The zero-order chi connectivity index (χ0) is 12.5. The number of ether oxygens (including phenoxy) is 1. The van der Waals surface area contributed by atoms with E-state index >= 15 is 0 Å². The molecule has 4 nitrogen and oxygen atoms in total. The van der Waals surface area contributed by atoms with E-state index in [-0.39, 0.29) is 5.97 Å². The number of hydrogen-bond acceptors (Lipinski definition) is 4. The van der Waals surface area contributed by atoms with Crippen LogP contribution in [0.5, 0.6) is 0 Å². The lowest BCUT2D eigenvalue weighted by molar-refractivity contribution is -0.153. The molecule has 4 heteroatoms. The third kappa shape index (κ3) is 2.33. The second kappa shape index (κ2) is 4.94. The van der Waals surface area contributed by atoms with Gasteiger partial charge in [0.25, 0.3) is 0 Å². The van der Waals surface area contributed by atoms with Crippen molar-refractivity contribution in [2.24, 2.45) is 11.8 Å². The third-order valence-electron chi connectivity index (χ3n) is 4.17. The summed E-state index contributed by atoms with van der Waals surface area (Å²) in [5.41, 5.74) is -0.425. The van der Waals surface area contributed by atoms with Crippen LogP contribution in [0.25, 0.3) is 0 Å². The Hall–Kier alpha value is -0.610. The minimum Gasteiger partial charge on any atom is -0.468 e. The molecule has 2 heterocycles. The molecule has 0 saturated carbocycles. The van der Waals surface area contributed by atoms with Crippen molar-refractivity contribution in [3.05, 3.63) is 0 Å². The van der Waals surface area contributed by atoms with Gasteiger partial charge in [0.05, 0.1) is 7.11 Å². The fourth-order valence-electron chi connectivity index (χ4n) is 3.12. The van der Waals surface area contributed by atoms with Gasteiger partial charge in [0.1, 0.15) is 5.54 Å². The topological polar surface area (TPSA) is 41.6 Å². The van der Waals surface area contributed by atoms with Gasteiger partial charge < -0.3 is 15.0 Å². The van der Waals surface area contributed by atoms with Crippen molar-refractivity contribution in [3.8, 4) is 0 Å². The van der Waals surface area contributed by atoms with Gasteiger partial charge in [-0.3, -0.25) is 4.79 Å². The summed E-state index contributed by atoms with van der Waals surface area (Å²) in [6, 6.07) is 0. The van der Waals surface area contributed by atoms with Gasteiger partial charge in [-0.1, -0.05) is 13.8 Å². The van der Waals surface area contributed by atoms with Crippen LogP contribution in [0.4, 0.5) is 0 Å². The summed E-state index contributed by atoms with van der Waals surface area (Å²) in [5, 5.41) is 3.51. The first-order chi connectivity index (χ1) is 8.08. The van der Waals surface area contributed by atoms with Gasteiger partial charge in [0, 0.05) is 19.0 Å². The van der Waals surface area contributed by atoms with Gasteiger partial charge in [-0.2, -0.15) is 0 Å². The summed E-state index contributed by atoms with van der Waals surface area (Å²) in [6.45, 7) is 8.40. The van der Waals surface area contributed by atoms with Crippen LogP contribution >= 0.6 is 0 Å². The molecule has 98 valence electrons. The molecule has 2 rings (SSSR count). The minimum atomic E-state index is -0.425. The molecule has 0 aromatic heterocycles. The van der Waals surface area contributed by atoms with E-state index in [1.165, 1.54) is 7.11 Å². The maximum Gasteiger partial charge on any atom is 0.326 e. The molecule has 0 aromatic carbocycles. The third-order valence-corrected chi connectivity index (χ3v) is 4.17. The van der Waals surface area contributed by atoms with Crippen molar-refractivity contribution in [1.29, 1.82) is 0 Å². The Balaban J connectivity index is 2.14. The van der Waals surface area contributed by atoms with E-state index in [9.17, 15) is 4.79 Å². The predicted octanol–water partition coefficient (Wildman–Crippen LogP) is 0.869. The number of esters is 1. The first-order valence-corrected chi connectivity index (χ1v) is 6.64. The Morgan fingerprint density at radius 1 is 1.53 bits per heavy atom. The molecule has 2 saturated heterocycles. The number of nitrogens with one attached hydrogen (secondary N) is 1.